The summed E-state index contributed by atoms with van der Waals surface area (Å²) in [6.07, 6.45) is -5.85. The molecule has 15 heavy (non-hydrogen) atoms. The van der Waals surface area contributed by atoms with E-state index < -0.39 is 36.6 Å². The van der Waals surface area contributed by atoms with Gasteiger partial charge in [0.2, 0.25) is 12.2 Å². The molecule has 0 bridgehead atoms. The molecule has 0 radical (unpaired) electrons. The van der Waals surface area contributed by atoms with Crippen LogP contribution in [0.25, 0.3) is 0 Å². The standard InChI is InChI=1S/C8H15NO6/c1-3-5(11)6(12)7(13)8(14-3)15-9-4(2)10/h3,5-8,11-13H,1-2H3,(H,9,10)/t3-,5-,6+,7-,8+/m1/s1. The highest BCUT2D eigenvalue weighted by Crippen LogP contribution is 2.20. The minimum absolute atomic E-state index is 0.459. The van der Waals surface area contributed by atoms with Crippen LogP contribution in [-0.2, 0) is 14.4 Å². The maximum Gasteiger partial charge on any atom is 0.240 e. The van der Waals surface area contributed by atoms with Crippen LogP contribution in [0, 0.1) is 0 Å². The zero-order valence-corrected chi connectivity index (χ0v) is 8.45. The van der Waals surface area contributed by atoms with Gasteiger partial charge in [0.05, 0.1) is 6.10 Å². The topological polar surface area (TPSA) is 108 Å². The molecule has 1 saturated heterocycles. The Morgan fingerprint density at radius 2 is 1.87 bits per heavy atom. The number of aliphatic hydroxyl groups is 3. The summed E-state index contributed by atoms with van der Waals surface area (Å²) in [4.78, 5) is 15.2. The van der Waals surface area contributed by atoms with Crippen LogP contribution in [0.4, 0.5) is 0 Å². The summed E-state index contributed by atoms with van der Waals surface area (Å²) in [5.74, 6) is -0.459. The van der Waals surface area contributed by atoms with Crippen LogP contribution in [0.2, 0.25) is 0 Å². The van der Waals surface area contributed by atoms with Crippen LogP contribution in [0.3, 0.4) is 0 Å². The van der Waals surface area contributed by atoms with E-state index in [4.69, 9.17) is 9.57 Å². The van der Waals surface area contributed by atoms with Crippen molar-refractivity contribution in [3.05, 3.63) is 0 Å². The Hall–Kier alpha value is -0.730. The minimum atomic E-state index is -1.41. The van der Waals surface area contributed by atoms with Crippen molar-refractivity contribution in [2.75, 3.05) is 0 Å². The number of aliphatic hydroxyl groups excluding tert-OH is 3. The molecule has 0 unspecified atom stereocenters. The molecule has 88 valence electrons. The number of hydrogen-bond donors (Lipinski definition) is 4. The van der Waals surface area contributed by atoms with E-state index in [-0.39, 0.29) is 0 Å². The van der Waals surface area contributed by atoms with Crippen molar-refractivity contribution < 1.29 is 29.7 Å². The Bertz CT molecular complexity index is 235. The second-order valence-corrected chi connectivity index (χ2v) is 3.46. The maximum atomic E-state index is 10.5. The SMILES string of the molecule is CC(=O)NO[C@@H]1O[C@H](C)[C@@H](O)[C@H](O)[C@H]1O. The summed E-state index contributed by atoms with van der Waals surface area (Å²) < 4.78 is 5.03. The van der Waals surface area contributed by atoms with Crippen molar-refractivity contribution >= 4 is 5.91 Å². The predicted molar refractivity (Wildman–Crippen MR) is 47.3 cm³/mol. The van der Waals surface area contributed by atoms with Gasteiger partial charge in [0.15, 0.2) is 0 Å². The lowest BCUT2D eigenvalue weighted by Gasteiger charge is -2.38. The van der Waals surface area contributed by atoms with Gasteiger partial charge in [-0.3, -0.25) is 4.79 Å². The fourth-order valence-corrected chi connectivity index (χ4v) is 1.25. The lowest BCUT2D eigenvalue weighted by molar-refractivity contribution is -0.305. The normalized spacial score (nSPS) is 41.3. The first kappa shape index (κ1) is 12.3. The van der Waals surface area contributed by atoms with Crippen molar-refractivity contribution in [1.82, 2.24) is 5.48 Å². The fourth-order valence-electron chi connectivity index (χ4n) is 1.25. The van der Waals surface area contributed by atoms with E-state index >= 15 is 0 Å². The Kier molecular flexibility index (Phi) is 4.00. The lowest BCUT2D eigenvalue weighted by atomic mass is 10.0. The predicted octanol–water partition coefficient (Wildman–Crippen LogP) is -2.12. The molecule has 0 aliphatic carbocycles. The third-order valence-electron chi connectivity index (χ3n) is 2.13. The van der Waals surface area contributed by atoms with Crippen molar-refractivity contribution in [3.8, 4) is 0 Å². The number of amides is 1. The van der Waals surface area contributed by atoms with Crippen LogP contribution in [0.5, 0.6) is 0 Å². The number of nitrogens with one attached hydrogen (secondary N) is 1. The highest BCUT2D eigenvalue weighted by atomic mass is 16.8. The van der Waals surface area contributed by atoms with Crippen LogP contribution in [0.1, 0.15) is 13.8 Å². The number of ether oxygens (including phenoxy) is 1. The Labute approximate surface area is 86.6 Å². The van der Waals surface area contributed by atoms with Gasteiger partial charge in [-0.1, -0.05) is 0 Å². The molecule has 0 aromatic carbocycles. The average Bonchev–Trinajstić information content (AvgIpc) is 2.18. The molecule has 0 aromatic heterocycles. The molecule has 0 saturated carbocycles. The Morgan fingerprint density at radius 3 is 2.40 bits per heavy atom. The molecule has 7 nitrogen and oxygen atoms in total. The van der Waals surface area contributed by atoms with Gasteiger partial charge in [0.25, 0.3) is 0 Å². The van der Waals surface area contributed by atoms with E-state index in [1.165, 1.54) is 13.8 Å². The van der Waals surface area contributed by atoms with Crippen molar-refractivity contribution in [2.24, 2.45) is 0 Å². The van der Waals surface area contributed by atoms with Gasteiger partial charge in [-0.15, -0.1) is 0 Å². The van der Waals surface area contributed by atoms with E-state index in [0.717, 1.165) is 0 Å². The summed E-state index contributed by atoms with van der Waals surface area (Å²) >= 11 is 0. The lowest BCUT2D eigenvalue weighted by Crippen LogP contribution is -2.58. The smallest absolute Gasteiger partial charge is 0.240 e. The molecular formula is C8H15NO6. The number of rotatable bonds is 2. The molecule has 1 heterocycles. The molecule has 4 N–H and O–H groups in total. The summed E-state index contributed by atoms with van der Waals surface area (Å²) in [5, 5.41) is 28.1. The van der Waals surface area contributed by atoms with Crippen molar-refractivity contribution in [3.63, 3.8) is 0 Å². The Morgan fingerprint density at radius 1 is 1.27 bits per heavy atom. The molecule has 0 aromatic rings. The molecule has 0 spiro atoms. The van der Waals surface area contributed by atoms with Gasteiger partial charge in [-0.25, -0.2) is 10.3 Å². The first-order valence-electron chi connectivity index (χ1n) is 4.55. The van der Waals surface area contributed by atoms with Gasteiger partial charge < -0.3 is 20.1 Å². The molecule has 5 atom stereocenters. The second kappa shape index (κ2) is 4.86. The summed E-state index contributed by atoms with van der Waals surface area (Å²) in [5.41, 5.74) is 1.98. The number of hydrogen-bond acceptors (Lipinski definition) is 6. The van der Waals surface area contributed by atoms with Crippen LogP contribution >= 0.6 is 0 Å². The summed E-state index contributed by atoms with van der Waals surface area (Å²) in [7, 11) is 0. The molecule has 1 rings (SSSR count). The zero-order chi connectivity index (χ0) is 11.6. The molecule has 7 heteroatoms. The quantitative estimate of drug-likeness (QED) is 0.397. The third-order valence-corrected chi connectivity index (χ3v) is 2.13. The molecule has 1 aliphatic rings. The second-order valence-electron chi connectivity index (χ2n) is 3.46. The number of carbonyl (C=O) groups excluding carboxylic acids is 1. The number of carbonyl (C=O) groups is 1. The van der Waals surface area contributed by atoms with E-state index in [1.54, 1.807) is 0 Å². The maximum absolute atomic E-state index is 10.5. The first-order valence-corrected chi connectivity index (χ1v) is 4.55. The van der Waals surface area contributed by atoms with Gasteiger partial charge in [0.1, 0.15) is 18.3 Å². The Balaban J connectivity index is 2.54. The fraction of sp³-hybridized carbons (Fsp3) is 0.875. The van der Waals surface area contributed by atoms with Crippen LogP contribution in [0.15, 0.2) is 0 Å². The summed E-state index contributed by atoms with van der Waals surface area (Å²) in [6.45, 7) is 2.74. The van der Waals surface area contributed by atoms with Gasteiger partial charge in [-0.2, -0.15) is 0 Å². The first-order chi connectivity index (χ1) is 6.93. The monoisotopic (exact) mass is 221 g/mol. The molecule has 1 aliphatic heterocycles. The van der Waals surface area contributed by atoms with Gasteiger partial charge >= 0.3 is 0 Å². The molecule has 1 amide bonds. The van der Waals surface area contributed by atoms with Gasteiger partial charge in [-0.05, 0) is 6.92 Å². The molecule has 1 fully saturated rings. The average molecular weight is 221 g/mol. The van der Waals surface area contributed by atoms with Crippen molar-refractivity contribution in [2.45, 2.75) is 44.6 Å². The largest absolute Gasteiger partial charge is 0.388 e. The highest BCUT2D eigenvalue weighted by molar-refractivity contribution is 5.71. The highest BCUT2D eigenvalue weighted by Gasteiger charge is 2.42. The van der Waals surface area contributed by atoms with E-state index in [0.29, 0.717) is 0 Å². The summed E-state index contributed by atoms with van der Waals surface area (Å²) in [6, 6.07) is 0. The van der Waals surface area contributed by atoms with E-state index in [9.17, 15) is 20.1 Å². The van der Waals surface area contributed by atoms with Crippen LogP contribution in [-0.4, -0.2) is 51.9 Å². The van der Waals surface area contributed by atoms with E-state index in [1.807, 2.05) is 5.48 Å². The van der Waals surface area contributed by atoms with Gasteiger partial charge in [0, 0.05) is 6.92 Å². The van der Waals surface area contributed by atoms with E-state index in [2.05, 4.69) is 0 Å². The minimum Gasteiger partial charge on any atom is -0.388 e. The van der Waals surface area contributed by atoms with Crippen molar-refractivity contribution in [1.29, 1.82) is 0 Å². The zero-order valence-electron chi connectivity index (χ0n) is 8.45. The number of hydroxylamine groups is 1. The molecular weight excluding hydrogens is 206 g/mol. The van der Waals surface area contributed by atoms with Crippen LogP contribution < -0.4 is 5.48 Å². The third kappa shape index (κ3) is 2.86.